The minimum atomic E-state index is -0.990. The quantitative estimate of drug-likeness (QED) is 0.760. The van der Waals surface area contributed by atoms with Gasteiger partial charge in [-0.25, -0.2) is 4.79 Å². The van der Waals surface area contributed by atoms with Crippen LogP contribution in [0.2, 0.25) is 0 Å². The number of carboxylic acid groups (broad SMARTS) is 1. The average Bonchev–Trinajstić information content (AvgIpc) is 2.53. The molecule has 0 bridgehead atoms. The standard InChI is InChI=1S/C12H11NO3/c1-13-10-4-2-3-8(5-6-12(15)16)9(10)7-11(13)14/h2-6H,7H2,1H3,(H,15,16)/b6-5+. The number of amides is 1. The molecule has 1 aromatic carbocycles. The van der Waals surface area contributed by atoms with E-state index < -0.39 is 5.97 Å². The van der Waals surface area contributed by atoms with Gasteiger partial charge in [-0.3, -0.25) is 4.79 Å². The van der Waals surface area contributed by atoms with Crippen LogP contribution < -0.4 is 4.90 Å². The molecule has 0 unspecified atom stereocenters. The summed E-state index contributed by atoms with van der Waals surface area (Å²) >= 11 is 0. The first-order valence-electron chi connectivity index (χ1n) is 4.89. The smallest absolute Gasteiger partial charge is 0.328 e. The van der Waals surface area contributed by atoms with Gasteiger partial charge >= 0.3 is 5.97 Å². The van der Waals surface area contributed by atoms with Crippen LogP contribution in [0.5, 0.6) is 0 Å². The maximum atomic E-state index is 11.5. The Morgan fingerprint density at radius 2 is 2.25 bits per heavy atom. The predicted molar refractivity (Wildman–Crippen MR) is 60.2 cm³/mol. The van der Waals surface area contributed by atoms with Gasteiger partial charge in [0.15, 0.2) is 0 Å². The Labute approximate surface area is 92.8 Å². The zero-order chi connectivity index (χ0) is 11.7. The maximum Gasteiger partial charge on any atom is 0.328 e. The Morgan fingerprint density at radius 1 is 1.50 bits per heavy atom. The molecule has 1 amide bonds. The molecule has 1 aliphatic heterocycles. The first-order valence-corrected chi connectivity index (χ1v) is 4.89. The van der Waals surface area contributed by atoms with E-state index in [1.165, 1.54) is 6.08 Å². The van der Waals surface area contributed by atoms with Crippen LogP contribution in [0.1, 0.15) is 11.1 Å². The zero-order valence-electron chi connectivity index (χ0n) is 8.80. The number of nitrogens with zero attached hydrogens (tertiary/aromatic N) is 1. The number of likely N-dealkylation sites (N-methyl/N-ethyl adjacent to an activating group) is 1. The van der Waals surface area contributed by atoms with Crippen LogP contribution in [0.4, 0.5) is 5.69 Å². The first-order chi connectivity index (χ1) is 7.59. The fourth-order valence-electron chi connectivity index (χ4n) is 1.82. The molecular formula is C12H11NO3. The molecular weight excluding hydrogens is 206 g/mol. The highest BCUT2D eigenvalue weighted by atomic mass is 16.4. The molecule has 0 atom stereocenters. The highest BCUT2D eigenvalue weighted by molar-refractivity contribution is 6.02. The number of benzene rings is 1. The number of hydrogen-bond acceptors (Lipinski definition) is 2. The lowest BCUT2D eigenvalue weighted by Gasteiger charge is -2.09. The highest BCUT2D eigenvalue weighted by Gasteiger charge is 2.25. The van der Waals surface area contributed by atoms with Crippen molar-refractivity contribution in [2.45, 2.75) is 6.42 Å². The van der Waals surface area contributed by atoms with Crippen LogP contribution in [0, 0.1) is 0 Å². The van der Waals surface area contributed by atoms with E-state index in [0.29, 0.717) is 6.42 Å². The molecule has 1 aromatic rings. The highest BCUT2D eigenvalue weighted by Crippen LogP contribution is 2.30. The molecule has 0 saturated carbocycles. The summed E-state index contributed by atoms with van der Waals surface area (Å²) in [5.41, 5.74) is 2.54. The molecule has 4 nitrogen and oxygen atoms in total. The molecule has 4 heteroatoms. The summed E-state index contributed by atoms with van der Waals surface area (Å²) in [5.74, 6) is -0.957. The minimum Gasteiger partial charge on any atom is -0.478 e. The van der Waals surface area contributed by atoms with E-state index in [1.54, 1.807) is 11.9 Å². The summed E-state index contributed by atoms with van der Waals surface area (Å²) in [6, 6.07) is 5.48. The molecule has 0 fully saturated rings. The molecule has 2 rings (SSSR count). The topological polar surface area (TPSA) is 57.6 Å². The third kappa shape index (κ3) is 1.69. The second kappa shape index (κ2) is 3.81. The summed E-state index contributed by atoms with van der Waals surface area (Å²) in [7, 11) is 1.72. The number of rotatable bonds is 2. The van der Waals surface area contributed by atoms with Gasteiger partial charge in [0.2, 0.25) is 5.91 Å². The molecule has 0 aromatic heterocycles. The van der Waals surface area contributed by atoms with E-state index in [-0.39, 0.29) is 5.91 Å². The fourth-order valence-corrected chi connectivity index (χ4v) is 1.82. The van der Waals surface area contributed by atoms with E-state index in [9.17, 15) is 9.59 Å². The Kier molecular flexibility index (Phi) is 2.48. The third-order valence-corrected chi connectivity index (χ3v) is 2.66. The van der Waals surface area contributed by atoms with Crippen LogP contribution >= 0.6 is 0 Å². The van der Waals surface area contributed by atoms with Gasteiger partial charge in [-0.1, -0.05) is 12.1 Å². The van der Waals surface area contributed by atoms with Crippen LogP contribution in [-0.4, -0.2) is 24.0 Å². The monoisotopic (exact) mass is 217 g/mol. The van der Waals surface area contributed by atoms with Gasteiger partial charge in [0.1, 0.15) is 0 Å². The normalized spacial score (nSPS) is 14.6. The van der Waals surface area contributed by atoms with Gasteiger partial charge in [-0.2, -0.15) is 0 Å². The van der Waals surface area contributed by atoms with Crippen LogP contribution in [0.3, 0.4) is 0 Å². The Balaban J connectivity index is 2.44. The minimum absolute atomic E-state index is 0.0335. The van der Waals surface area contributed by atoms with Gasteiger partial charge in [0.25, 0.3) is 0 Å². The Hall–Kier alpha value is -2.10. The number of carbonyl (C=O) groups excluding carboxylic acids is 1. The van der Waals surface area contributed by atoms with E-state index in [1.807, 2.05) is 18.2 Å². The van der Waals surface area contributed by atoms with Crippen LogP contribution in [0.25, 0.3) is 6.08 Å². The molecule has 1 heterocycles. The maximum absolute atomic E-state index is 11.5. The number of hydrogen-bond donors (Lipinski definition) is 1. The zero-order valence-corrected chi connectivity index (χ0v) is 8.80. The molecule has 1 N–H and O–H groups in total. The summed E-state index contributed by atoms with van der Waals surface area (Å²) in [5, 5.41) is 8.56. The first kappa shape index (κ1) is 10.4. The van der Waals surface area contributed by atoms with Gasteiger partial charge in [0.05, 0.1) is 6.42 Å². The SMILES string of the molecule is CN1C(=O)Cc2c(/C=C/C(=O)O)cccc21. The molecule has 0 spiro atoms. The lowest BCUT2D eigenvalue weighted by Crippen LogP contribution is -2.20. The van der Waals surface area contributed by atoms with Gasteiger partial charge in [-0.15, -0.1) is 0 Å². The number of anilines is 1. The molecule has 82 valence electrons. The lowest BCUT2D eigenvalue weighted by molar-refractivity contribution is -0.131. The largest absolute Gasteiger partial charge is 0.478 e. The third-order valence-electron chi connectivity index (χ3n) is 2.66. The van der Waals surface area contributed by atoms with Crippen LogP contribution in [0.15, 0.2) is 24.3 Å². The van der Waals surface area contributed by atoms with Gasteiger partial charge in [-0.05, 0) is 23.3 Å². The number of carbonyl (C=O) groups is 2. The fraction of sp³-hybridized carbons (Fsp3) is 0.167. The van der Waals surface area contributed by atoms with Crippen molar-refractivity contribution in [1.29, 1.82) is 0 Å². The average molecular weight is 217 g/mol. The van der Waals surface area contributed by atoms with E-state index in [2.05, 4.69) is 0 Å². The summed E-state index contributed by atoms with van der Waals surface area (Å²) < 4.78 is 0. The van der Waals surface area contributed by atoms with Crippen molar-refractivity contribution in [1.82, 2.24) is 0 Å². The number of aliphatic carboxylic acids is 1. The Bertz CT molecular complexity index is 491. The van der Waals surface area contributed by atoms with Crippen molar-refractivity contribution >= 4 is 23.6 Å². The van der Waals surface area contributed by atoms with Crippen LogP contribution in [-0.2, 0) is 16.0 Å². The lowest BCUT2D eigenvalue weighted by atomic mass is 10.0. The molecule has 0 aliphatic carbocycles. The molecule has 0 saturated heterocycles. The van der Waals surface area contributed by atoms with Crippen molar-refractivity contribution in [3.63, 3.8) is 0 Å². The number of carboxylic acids is 1. The summed E-state index contributed by atoms with van der Waals surface area (Å²) in [6.07, 6.45) is 2.94. The van der Waals surface area contributed by atoms with Gasteiger partial charge in [0, 0.05) is 18.8 Å². The molecule has 16 heavy (non-hydrogen) atoms. The Morgan fingerprint density at radius 3 is 2.94 bits per heavy atom. The van der Waals surface area contributed by atoms with Crippen molar-refractivity contribution in [2.24, 2.45) is 0 Å². The second-order valence-corrected chi connectivity index (χ2v) is 3.65. The second-order valence-electron chi connectivity index (χ2n) is 3.65. The van der Waals surface area contributed by atoms with E-state index in [4.69, 9.17) is 5.11 Å². The van der Waals surface area contributed by atoms with Crippen molar-refractivity contribution in [3.8, 4) is 0 Å². The van der Waals surface area contributed by atoms with Crippen molar-refractivity contribution < 1.29 is 14.7 Å². The van der Waals surface area contributed by atoms with Gasteiger partial charge < -0.3 is 10.0 Å². The molecule has 1 aliphatic rings. The van der Waals surface area contributed by atoms with Crippen molar-refractivity contribution in [3.05, 3.63) is 35.4 Å². The number of fused-ring (bicyclic) bond motifs is 1. The van der Waals surface area contributed by atoms with E-state index in [0.717, 1.165) is 22.9 Å². The van der Waals surface area contributed by atoms with E-state index >= 15 is 0 Å². The summed E-state index contributed by atoms with van der Waals surface area (Å²) in [4.78, 5) is 23.5. The summed E-state index contributed by atoms with van der Waals surface area (Å²) in [6.45, 7) is 0. The predicted octanol–water partition coefficient (Wildman–Crippen LogP) is 1.30. The molecule has 0 radical (unpaired) electrons. The van der Waals surface area contributed by atoms with Crippen molar-refractivity contribution in [2.75, 3.05) is 11.9 Å².